The van der Waals surface area contributed by atoms with E-state index in [2.05, 4.69) is 10.3 Å². The Kier molecular flexibility index (Phi) is 5.10. The Balaban J connectivity index is 2.75. The Hall–Kier alpha value is -1.38. The van der Waals surface area contributed by atoms with Gasteiger partial charge in [0.1, 0.15) is 5.15 Å². The number of hydrogen-bond donors (Lipinski definition) is 1. The molecule has 9 heteroatoms. The normalized spacial score (nSPS) is 11.4. The van der Waals surface area contributed by atoms with Crippen LogP contribution in [0.25, 0.3) is 0 Å². The van der Waals surface area contributed by atoms with Crippen molar-refractivity contribution in [1.82, 2.24) is 9.29 Å². The Bertz CT molecular complexity index is 576. The van der Waals surface area contributed by atoms with Crippen molar-refractivity contribution in [2.24, 2.45) is 0 Å². The van der Waals surface area contributed by atoms with Gasteiger partial charge in [-0.2, -0.15) is 4.31 Å². The molecule has 106 valence electrons. The minimum Gasteiger partial charge on any atom is -0.481 e. The zero-order chi connectivity index (χ0) is 14.6. The van der Waals surface area contributed by atoms with Crippen LogP contribution in [0.4, 0.5) is 5.69 Å². The zero-order valence-electron chi connectivity index (χ0n) is 10.7. The summed E-state index contributed by atoms with van der Waals surface area (Å²) in [6, 6.07) is 2.91. The molecular weight excluding hydrogens is 294 g/mol. The van der Waals surface area contributed by atoms with Gasteiger partial charge in [0.2, 0.25) is 21.8 Å². The van der Waals surface area contributed by atoms with E-state index < -0.39 is 15.9 Å². The molecule has 0 radical (unpaired) electrons. The SMILES string of the molecule is COc1cc(NC(=O)CN(C)S(C)(=O)=O)cc(Cl)n1. The van der Waals surface area contributed by atoms with Crippen molar-refractivity contribution in [3.8, 4) is 5.88 Å². The number of hydrogen-bond acceptors (Lipinski definition) is 5. The molecule has 0 aliphatic carbocycles. The van der Waals surface area contributed by atoms with Crippen LogP contribution < -0.4 is 10.1 Å². The van der Waals surface area contributed by atoms with Crippen molar-refractivity contribution in [3.05, 3.63) is 17.3 Å². The van der Waals surface area contributed by atoms with Crippen molar-refractivity contribution < 1.29 is 17.9 Å². The predicted octanol–water partition coefficient (Wildman–Crippen LogP) is 0.573. The monoisotopic (exact) mass is 307 g/mol. The van der Waals surface area contributed by atoms with Gasteiger partial charge in [0.05, 0.1) is 19.9 Å². The van der Waals surface area contributed by atoms with Crippen LogP contribution in [0.3, 0.4) is 0 Å². The summed E-state index contributed by atoms with van der Waals surface area (Å²) in [5, 5.41) is 2.67. The fraction of sp³-hybridized carbons (Fsp3) is 0.400. The summed E-state index contributed by atoms with van der Waals surface area (Å²) >= 11 is 5.74. The second-order valence-corrected chi connectivity index (χ2v) is 6.26. The molecular formula is C10H14ClN3O4S. The van der Waals surface area contributed by atoms with E-state index in [-0.39, 0.29) is 17.6 Å². The number of nitrogens with one attached hydrogen (secondary N) is 1. The molecule has 0 aromatic carbocycles. The standard InChI is InChI=1S/C10H14ClN3O4S/c1-14(19(3,16)17)6-9(15)12-7-4-8(11)13-10(5-7)18-2/h4-5H,6H2,1-3H3,(H,12,13,15). The minimum absolute atomic E-state index is 0.158. The highest BCUT2D eigenvalue weighted by atomic mass is 35.5. The van der Waals surface area contributed by atoms with Gasteiger partial charge < -0.3 is 10.1 Å². The predicted molar refractivity (Wildman–Crippen MR) is 71.9 cm³/mol. The van der Waals surface area contributed by atoms with Crippen LogP contribution in [0.1, 0.15) is 0 Å². The van der Waals surface area contributed by atoms with Crippen molar-refractivity contribution in [2.75, 3.05) is 32.3 Å². The van der Waals surface area contributed by atoms with Crippen molar-refractivity contribution in [3.63, 3.8) is 0 Å². The molecule has 0 fully saturated rings. The Labute approximate surface area is 116 Å². The second-order valence-electron chi connectivity index (χ2n) is 3.79. The molecule has 0 saturated carbocycles. The van der Waals surface area contributed by atoms with Crippen LogP contribution in [-0.2, 0) is 14.8 Å². The highest BCUT2D eigenvalue weighted by molar-refractivity contribution is 7.88. The summed E-state index contributed by atoms with van der Waals surface area (Å²) in [4.78, 5) is 15.5. The molecule has 1 aromatic rings. The number of amides is 1. The fourth-order valence-electron chi connectivity index (χ4n) is 1.17. The first-order valence-corrected chi connectivity index (χ1v) is 7.37. The van der Waals surface area contributed by atoms with Crippen LogP contribution in [0, 0.1) is 0 Å². The number of ether oxygens (including phenoxy) is 1. The molecule has 1 N–H and O–H groups in total. The van der Waals surface area contributed by atoms with Crippen LogP contribution in [0.5, 0.6) is 5.88 Å². The molecule has 0 aliphatic rings. The van der Waals surface area contributed by atoms with E-state index in [1.165, 1.54) is 26.3 Å². The van der Waals surface area contributed by atoms with Crippen LogP contribution in [-0.4, -0.2) is 50.6 Å². The number of aromatic nitrogens is 1. The van der Waals surface area contributed by atoms with Gasteiger partial charge in [-0.3, -0.25) is 4.79 Å². The Morgan fingerprint density at radius 1 is 1.53 bits per heavy atom. The van der Waals surface area contributed by atoms with E-state index in [1.54, 1.807) is 0 Å². The molecule has 0 atom stereocenters. The molecule has 1 amide bonds. The van der Waals surface area contributed by atoms with Crippen LogP contribution in [0.15, 0.2) is 12.1 Å². The highest BCUT2D eigenvalue weighted by Gasteiger charge is 2.15. The molecule has 0 unspecified atom stereocenters. The molecule has 0 spiro atoms. The van der Waals surface area contributed by atoms with Crippen LogP contribution in [0.2, 0.25) is 5.15 Å². The topological polar surface area (TPSA) is 88.6 Å². The summed E-state index contributed by atoms with van der Waals surface area (Å²) in [7, 11) is -0.669. The number of methoxy groups -OCH3 is 1. The van der Waals surface area contributed by atoms with E-state index in [1.807, 2.05) is 0 Å². The number of anilines is 1. The fourth-order valence-corrected chi connectivity index (χ4v) is 1.72. The third kappa shape index (κ3) is 5.01. The maximum atomic E-state index is 11.7. The number of pyridine rings is 1. The van der Waals surface area contributed by atoms with E-state index in [0.717, 1.165) is 10.6 Å². The second kappa shape index (κ2) is 6.18. The molecule has 0 saturated heterocycles. The van der Waals surface area contributed by atoms with Crippen molar-refractivity contribution >= 4 is 33.2 Å². The van der Waals surface area contributed by atoms with Crippen molar-refractivity contribution in [2.45, 2.75) is 0 Å². The third-order valence-electron chi connectivity index (χ3n) is 2.20. The maximum absolute atomic E-state index is 11.7. The number of likely N-dealkylation sites (N-methyl/N-ethyl adjacent to an activating group) is 1. The van der Waals surface area contributed by atoms with Crippen LogP contribution >= 0.6 is 11.6 Å². The van der Waals surface area contributed by atoms with Gasteiger partial charge in [0, 0.05) is 18.8 Å². The number of nitrogens with zero attached hydrogens (tertiary/aromatic N) is 2. The largest absolute Gasteiger partial charge is 0.481 e. The molecule has 1 rings (SSSR count). The zero-order valence-corrected chi connectivity index (χ0v) is 12.2. The average Bonchev–Trinajstić information content (AvgIpc) is 2.26. The lowest BCUT2D eigenvalue weighted by Crippen LogP contribution is -2.34. The smallest absolute Gasteiger partial charge is 0.239 e. The van der Waals surface area contributed by atoms with Crippen molar-refractivity contribution in [1.29, 1.82) is 0 Å². The Morgan fingerprint density at radius 3 is 2.68 bits per heavy atom. The lowest BCUT2D eigenvalue weighted by Gasteiger charge is -2.14. The van der Waals surface area contributed by atoms with Gasteiger partial charge in [-0.25, -0.2) is 13.4 Å². The van der Waals surface area contributed by atoms with E-state index >= 15 is 0 Å². The molecule has 7 nitrogen and oxygen atoms in total. The van der Waals surface area contributed by atoms with E-state index in [9.17, 15) is 13.2 Å². The summed E-state index contributed by atoms with van der Waals surface area (Å²) in [6.45, 7) is -0.291. The number of carbonyl (C=O) groups excluding carboxylic acids is 1. The quantitative estimate of drug-likeness (QED) is 0.804. The molecule has 0 bridgehead atoms. The van der Waals surface area contributed by atoms with E-state index in [0.29, 0.717) is 5.69 Å². The van der Waals surface area contributed by atoms with Gasteiger partial charge in [0.15, 0.2) is 0 Å². The molecule has 1 aromatic heterocycles. The maximum Gasteiger partial charge on any atom is 0.239 e. The summed E-state index contributed by atoms with van der Waals surface area (Å²) in [5.74, 6) is -0.239. The van der Waals surface area contributed by atoms with Gasteiger partial charge in [0.25, 0.3) is 0 Å². The van der Waals surface area contributed by atoms with Gasteiger partial charge in [-0.05, 0) is 6.07 Å². The number of rotatable bonds is 5. The number of halogens is 1. The summed E-state index contributed by atoms with van der Waals surface area (Å²) in [5.41, 5.74) is 0.378. The summed E-state index contributed by atoms with van der Waals surface area (Å²) in [6.07, 6.45) is 1.02. The number of sulfonamides is 1. The Morgan fingerprint density at radius 2 is 2.16 bits per heavy atom. The highest BCUT2D eigenvalue weighted by Crippen LogP contribution is 2.19. The minimum atomic E-state index is -3.40. The molecule has 19 heavy (non-hydrogen) atoms. The average molecular weight is 308 g/mol. The van der Waals surface area contributed by atoms with Gasteiger partial charge >= 0.3 is 0 Å². The summed E-state index contributed by atoms with van der Waals surface area (Å²) < 4.78 is 28.2. The van der Waals surface area contributed by atoms with E-state index in [4.69, 9.17) is 16.3 Å². The lowest BCUT2D eigenvalue weighted by atomic mass is 10.4. The first kappa shape index (κ1) is 15.7. The van der Waals surface area contributed by atoms with Gasteiger partial charge in [-0.15, -0.1) is 0 Å². The van der Waals surface area contributed by atoms with Gasteiger partial charge in [-0.1, -0.05) is 11.6 Å². The first-order chi connectivity index (χ1) is 8.72. The molecule has 1 heterocycles. The number of carbonyl (C=O) groups is 1. The lowest BCUT2D eigenvalue weighted by molar-refractivity contribution is -0.116. The molecule has 0 aliphatic heterocycles. The first-order valence-electron chi connectivity index (χ1n) is 5.15. The third-order valence-corrected chi connectivity index (χ3v) is 3.65.